The molecule has 0 spiro atoms. The number of carboxylic acids is 1. The molecule has 1 aliphatic heterocycles. The predicted octanol–water partition coefficient (Wildman–Crippen LogP) is 0.835. The number of carbonyl (C=O) groups is 1. The molecule has 1 rings (SSSR count). The van der Waals surface area contributed by atoms with Gasteiger partial charge in [-0.05, 0) is 12.5 Å². The van der Waals surface area contributed by atoms with E-state index in [1.807, 2.05) is 0 Å². The lowest BCUT2D eigenvalue weighted by molar-refractivity contribution is -0.139. The lowest BCUT2D eigenvalue weighted by atomic mass is 9.97. The van der Waals surface area contributed by atoms with Gasteiger partial charge in [0.25, 0.3) is 0 Å². The van der Waals surface area contributed by atoms with Crippen LogP contribution in [0.2, 0.25) is 0 Å². The Morgan fingerprint density at radius 2 is 2.18 bits per heavy atom. The van der Waals surface area contributed by atoms with Crippen molar-refractivity contribution in [3.63, 3.8) is 0 Å². The summed E-state index contributed by atoms with van der Waals surface area (Å²) in [5.74, 6) is -0.252. The highest BCUT2D eigenvalue weighted by atomic mass is 35.5. The van der Waals surface area contributed by atoms with Crippen molar-refractivity contribution in [1.82, 2.24) is 4.90 Å². The van der Waals surface area contributed by atoms with Crippen LogP contribution in [-0.2, 0) is 4.79 Å². The summed E-state index contributed by atoms with van der Waals surface area (Å²) in [6, 6.07) is 0. The molecule has 1 aliphatic rings. The van der Waals surface area contributed by atoms with Crippen LogP contribution in [0.3, 0.4) is 0 Å². The largest absolute Gasteiger partial charge is 0.481 e. The molecule has 0 bridgehead atoms. The number of hydrogen-bond acceptors (Lipinski definition) is 2. The van der Waals surface area contributed by atoms with Crippen molar-refractivity contribution in [2.45, 2.75) is 13.3 Å². The van der Waals surface area contributed by atoms with Crippen LogP contribution in [0.25, 0.3) is 0 Å². The molecule has 3 nitrogen and oxygen atoms in total. The summed E-state index contributed by atoms with van der Waals surface area (Å²) in [5.41, 5.74) is 0. The maximum atomic E-state index is 10.2. The normalized spacial score (nSPS) is 18.6. The van der Waals surface area contributed by atoms with Gasteiger partial charge in [-0.2, -0.15) is 0 Å². The molecule has 11 heavy (non-hydrogen) atoms. The van der Waals surface area contributed by atoms with Crippen molar-refractivity contribution >= 4 is 18.4 Å². The van der Waals surface area contributed by atoms with Crippen molar-refractivity contribution in [1.29, 1.82) is 0 Å². The van der Waals surface area contributed by atoms with Gasteiger partial charge in [0.1, 0.15) is 0 Å². The number of hydrogen-bond donors (Lipinski definition) is 1. The number of halogens is 1. The lowest BCUT2D eigenvalue weighted by Crippen LogP contribution is -2.46. The van der Waals surface area contributed by atoms with Gasteiger partial charge in [-0.1, -0.05) is 6.92 Å². The van der Waals surface area contributed by atoms with Crippen molar-refractivity contribution in [2.24, 2.45) is 5.92 Å². The second-order valence-corrected chi connectivity index (χ2v) is 2.82. The summed E-state index contributed by atoms with van der Waals surface area (Å²) in [7, 11) is 0. The number of carboxylic acid groups (broad SMARTS) is 1. The summed E-state index contributed by atoms with van der Waals surface area (Å²) in [6.07, 6.45) is 0.344. The van der Waals surface area contributed by atoms with Gasteiger partial charge in [-0.15, -0.1) is 12.4 Å². The first kappa shape index (κ1) is 10.7. The quantitative estimate of drug-likeness (QED) is 0.698. The molecule has 4 heteroatoms. The van der Waals surface area contributed by atoms with E-state index < -0.39 is 5.97 Å². The van der Waals surface area contributed by atoms with Crippen molar-refractivity contribution in [3.8, 4) is 0 Å². The maximum Gasteiger partial charge on any atom is 0.303 e. The smallest absolute Gasteiger partial charge is 0.303 e. The van der Waals surface area contributed by atoms with Gasteiger partial charge >= 0.3 is 5.97 Å². The molecule has 0 radical (unpaired) electrons. The summed E-state index contributed by atoms with van der Waals surface area (Å²) in [6.45, 7) is 5.10. The first-order valence-corrected chi connectivity index (χ1v) is 3.66. The fourth-order valence-electron chi connectivity index (χ4n) is 1.31. The Balaban J connectivity index is 0.000001000. The zero-order valence-corrected chi connectivity index (χ0v) is 7.43. The third-order valence-corrected chi connectivity index (χ3v) is 1.94. The minimum atomic E-state index is -0.666. The van der Waals surface area contributed by atoms with Crippen LogP contribution in [-0.4, -0.2) is 35.6 Å². The van der Waals surface area contributed by atoms with Crippen LogP contribution in [0, 0.1) is 5.92 Å². The molecule has 0 aromatic carbocycles. The molecule has 1 heterocycles. The first-order chi connectivity index (χ1) is 4.72. The molecular weight excluding hydrogens is 166 g/mol. The molecule has 66 valence electrons. The van der Waals surface area contributed by atoms with Crippen LogP contribution in [0.15, 0.2) is 0 Å². The molecule has 1 saturated heterocycles. The van der Waals surface area contributed by atoms with E-state index in [2.05, 4.69) is 11.8 Å². The molecule has 0 aliphatic carbocycles. The van der Waals surface area contributed by atoms with Gasteiger partial charge in [0, 0.05) is 13.1 Å². The Morgan fingerprint density at radius 3 is 2.55 bits per heavy atom. The third-order valence-electron chi connectivity index (χ3n) is 1.94. The molecular formula is C7H14ClNO2. The predicted molar refractivity (Wildman–Crippen MR) is 45.1 cm³/mol. The average molecular weight is 180 g/mol. The zero-order chi connectivity index (χ0) is 7.56. The molecule has 1 N–H and O–H groups in total. The molecule has 1 fully saturated rings. The second kappa shape index (κ2) is 4.57. The Kier molecular flexibility index (Phi) is 4.45. The number of rotatable bonds is 3. The fraction of sp³-hybridized carbons (Fsp3) is 0.857. The highest BCUT2D eigenvalue weighted by Gasteiger charge is 2.26. The van der Waals surface area contributed by atoms with E-state index in [9.17, 15) is 4.79 Å². The monoisotopic (exact) mass is 179 g/mol. The standard InChI is InChI=1S/C7H13NO2.ClH/c1-2-8-4-6(5-8)3-7(9)10;/h6H,2-5H2,1H3,(H,9,10);1H. The van der Waals surface area contributed by atoms with Gasteiger partial charge in [0.05, 0.1) is 6.42 Å². The number of likely N-dealkylation sites (tertiary alicyclic amines) is 1. The minimum absolute atomic E-state index is 0. The van der Waals surface area contributed by atoms with Crippen LogP contribution in [0.5, 0.6) is 0 Å². The van der Waals surface area contributed by atoms with E-state index in [1.165, 1.54) is 0 Å². The molecule has 0 saturated carbocycles. The van der Waals surface area contributed by atoms with Crippen molar-refractivity contribution in [2.75, 3.05) is 19.6 Å². The van der Waals surface area contributed by atoms with Gasteiger partial charge in [-0.25, -0.2) is 0 Å². The van der Waals surface area contributed by atoms with Crippen LogP contribution in [0.4, 0.5) is 0 Å². The van der Waals surface area contributed by atoms with Gasteiger partial charge in [0.2, 0.25) is 0 Å². The Bertz CT molecular complexity index is 134. The Hall–Kier alpha value is -0.280. The molecule has 0 unspecified atom stereocenters. The third kappa shape index (κ3) is 3.08. The Morgan fingerprint density at radius 1 is 1.64 bits per heavy atom. The topological polar surface area (TPSA) is 40.5 Å². The summed E-state index contributed by atoms with van der Waals surface area (Å²) < 4.78 is 0. The summed E-state index contributed by atoms with van der Waals surface area (Å²) in [4.78, 5) is 12.4. The van der Waals surface area contributed by atoms with E-state index in [0.717, 1.165) is 19.6 Å². The van der Waals surface area contributed by atoms with Crippen molar-refractivity contribution < 1.29 is 9.90 Å². The number of aliphatic carboxylic acids is 1. The van der Waals surface area contributed by atoms with E-state index in [-0.39, 0.29) is 12.4 Å². The van der Waals surface area contributed by atoms with Crippen LogP contribution < -0.4 is 0 Å². The molecule has 0 amide bonds. The lowest BCUT2D eigenvalue weighted by Gasteiger charge is -2.37. The first-order valence-electron chi connectivity index (χ1n) is 3.66. The van der Waals surface area contributed by atoms with Gasteiger partial charge in [0.15, 0.2) is 0 Å². The van der Waals surface area contributed by atoms with Crippen LogP contribution in [0.1, 0.15) is 13.3 Å². The fourth-order valence-corrected chi connectivity index (χ4v) is 1.31. The van der Waals surface area contributed by atoms with E-state index in [1.54, 1.807) is 0 Å². The van der Waals surface area contributed by atoms with E-state index in [4.69, 9.17) is 5.11 Å². The van der Waals surface area contributed by atoms with Crippen LogP contribution >= 0.6 is 12.4 Å². The van der Waals surface area contributed by atoms with E-state index in [0.29, 0.717) is 12.3 Å². The van der Waals surface area contributed by atoms with Gasteiger partial charge in [-0.3, -0.25) is 4.79 Å². The van der Waals surface area contributed by atoms with Crippen molar-refractivity contribution in [3.05, 3.63) is 0 Å². The SMILES string of the molecule is CCN1CC(CC(=O)O)C1.Cl. The molecule has 0 atom stereocenters. The molecule has 0 aromatic heterocycles. The average Bonchev–Trinajstić information content (AvgIpc) is 1.76. The summed E-state index contributed by atoms with van der Waals surface area (Å²) in [5, 5.41) is 8.39. The van der Waals surface area contributed by atoms with E-state index >= 15 is 0 Å². The molecule has 0 aromatic rings. The second-order valence-electron chi connectivity index (χ2n) is 2.82. The zero-order valence-electron chi connectivity index (χ0n) is 6.62. The summed E-state index contributed by atoms with van der Waals surface area (Å²) >= 11 is 0. The Labute approximate surface area is 72.8 Å². The highest BCUT2D eigenvalue weighted by molar-refractivity contribution is 5.85. The highest BCUT2D eigenvalue weighted by Crippen LogP contribution is 2.17. The maximum absolute atomic E-state index is 10.2. The number of nitrogens with zero attached hydrogens (tertiary/aromatic N) is 1. The minimum Gasteiger partial charge on any atom is -0.481 e. The van der Waals surface area contributed by atoms with Gasteiger partial charge < -0.3 is 10.0 Å².